The molecule has 6 nitrogen and oxygen atoms in total. The van der Waals surface area contributed by atoms with Crippen LogP contribution in [0.3, 0.4) is 0 Å². The Morgan fingerprint density at radius 1 is 1.06 bits per heavy atom. The highest BCUT2D eigenvalue weighted by atomic mass is 35.5. The van der Waals surface area contributed by atoms with Crippen molar-refractivity contribution in [2.45, 2.75) is 44.2 Å². The van der Waals surface area contributed by atoms with E-state index in [0.29, 0.717) is 5.56 Å². The molecule has 0 fully saturated rings. The van der Waals surface area contributed by atoms with E-state index < -0.39 is 42.4 Å². The molecule has 34 heavy (non-hydrogen) atoms. The maximum atomic E-state index is 14.0. The maximum Gasteiger partial charge on any atom is 0.449 e. The lowest BCUT2D eigenvalue weighted by Crippen LogP contribution is -2.23. The molecule has 3 rings (SSSR count). The van der Waals surface area contributed by atoms with Crippen molar-refractivity contribution in [3.05, 3.63) is 65.2 Å². The first-order valence-electron chi connectivity index (χ1n) is 10.2. The first kappa shape index (κ1) is 25.7. The highest BCUT2D eigenvalue weighted by Gasteiger charge is 2.39. The number of nitrogens with zero attached hydrogens (tertiary/aromatic N) is 2. The van der Waals surface area contributed by atoms with E-state index in [1.807, 2.05) is 0 Å². The van der Waals surface area contributed by atoms with Gasteiger partial charge in [-0.05, 0) is 49.2 Å². The molecular weight excluding hydrogens is 480 g/mol. The van der Waals surface area contributed by atoms with Gasteiger partial charge in [0.25, 0.3) is 0 Å². The van der Waals surface area contributed by atoms with Crippen LogP contribution in [-0.2, 0) is 17.5 Å². The second-order valence-corrected chi connectivity index (χ2v) is 8.17. The Morgan fingerprint density at radius 3 is 2.32 bits per heavy atom. The lowest BCUT2D eigenvalue weighted by Gasteiger charge is -2.18. The molecular formula is C23H21ClF4N2O4. The van der Waals surface area contributed by atoms with Gasteiger partial charge in [-0.25, -0.2) is 9.37 Å². The molecule has 0 saturated carbocycles. The van der Waals surface area contributed by atoms with Crippen molar-refractivity contribution in [2.24, 2.45) is 0 Å². The minimum Gasteiger partial charge on any atom is -0.481 e. The first-order valence-corrected chi connectivity index (χ1v) is 10.6. The second kappa shape index (κ2) is 10.5. The van der Waals surface area contributed by atoms with E-state index in [4.69, 9.17) is 16.7 Å². The number of rotatable bonds is 9. The molecule has 3 aromatic rings. The SMILES string of the molecule is O=C(O)C[C@H](O)C[C@H](O)CCn1c(C(F)(F)F)nc(-c2cccc(Cl)c2)c1-c1ccc(F)cc1. The smallest absolute Gasteiger partial charge is 0.449 e. The van der Waals surface area contributed by atoms with Crippen LogP contribution < -0.4 is 0 Å². The van der Waals surface area contributed by atoms with Crippen LogP contribution in [0.1, 0.15) is 25.1 Å². The zero-order valence-corrected chi connectivity index (χ0v) is 18.4. The Morgan fingerprint density at radius 2 is 1.74 bits per heavy atom. The predicted octanol–water partition coefficient (Wildman–Crippen LogP) is 5.01. The average Bonchev–Trinajstić information content (AvgIpc) is 3.12. The third-order valence-electron chi connectivity index (χ3n) is 5.08. The molecule has 0 amide bonds. The minimum atomic E-state index is -4.85. The van der Waals surface area contributed by atoms with Crippen molar-refractivity contribution in [3.63, 3.8) is 0 Å². The standard InChI is InChI=1S/C23H21ClF4N2O4/c24-15-3-1-2-14(10-15)20-21(13-4-6-16(25)7-5-13)30(22(29-20)23(26,27)28)9-8-17(31)11-18(32)12-19(33)34/h1-7,10,17-18,31-32H,8-9,11-12H2,(H,33,34)/t17-,18-/m1/s1. The molecule has 0 saturated heterocycles. The van der Waals surface area contributed by atoms with Gasteiger partial charge in [0.15, 0.2) is 0 Å². The number of hydrogen-bond acceptors (Lipinski definition) is 4. The molecule has 0 aliphatic heterocycles. The van der Waals surface area contributed by atoms with E-state index in [0.717, 1.165) is 16.7 Å². The Labute approximate surface area is 197 Å². The van der Waals surface area contributed by atoms with Crippen LogP contribution >= 0.6 is 11.6 Å². The van der Waals surface area contributed by atoms with E-state index >= 15 is 0 Å². The van der Waals surface area contributed by atoms with Gasteiger partial charge in [-0.3, -0.25) is 4.79 Å². The summed E-state index contributed by atoms with van der Waals surface area (Å²) in [6, 6.07) is 11.0. The Kier molecular flexibility index (Phi) is 7.96. The van der Waals surface area contributed by atoms with E-state index in [1.54, 1.807) is 18.2 Å². The molecule has 0 spiro atoms. The fraction of sp³-hybridized carbons (Fsp3) is 0.304. The summed E-state index contributed by atoms with van der Waals surface area (Å²) in [5.41, 5.74) is 0.600. The van der Waals surface area contributed by atoms with Gasteiger partial charge in [0, 0.05) is 22.7 Å². The zero-order chi connectivity index (χ0) is 25.0. The fourth-order valence-corrected chi connectivity index (χ4v) is 3.81. The Balaban J connectivity index is 2.07. The molecule has 182 valence electrons. The molecule has 2 aromatic carbocycles. The molecule has 3 N–H and O–H groups in total. The first-order chi connectivity index (χ1) is 16.0. The van der Waals surface area contributed by atoms with Gasteiger partial charge in [0.2, 0.25) is 5.82 Å². The molecule has 2 atom stereocenters. The quantitative estimate of drug-likeness (QED) is 0.359. The topological polar surface area (TPSA) is 95.6 Å². The number of halogens is 5. The molecule has 1 aromatic heterocycles. The number of alkyl halides is 3. The summed E-state index contributed by atoms with van der Waals surface area (Å²) in [4.78, 5) is 14.5. The van der Waals surface area contributed by atoms with Crippen molar-refractivity contribution < 1.29 is 37.7 Å². The summed E-state index contributed by atoms with van der Waals surface area (Å²) in [6.45, 7) is -0.351. The largest absolute Gasteiger partial charge is 0.481 e. The Bertz CT molecular complexity index is 1150. The number of imidazole rings is 1. The summed E-state index contributed by atoms with van der Waals surface area (Å²) in [5, 5.41) is 28.9. The van der Waals surface area contributed by atoms with Crippen LogP contribution in [0.25, 0.3) is 22.5 Å². The third-order valence-corrected chi connectivity index (χ3v) is 5.31. The maximum absolute atomic E-state index is 14.0. The number of hydrogen-bond donors (Lipinski definition) is 3. The van der Waals surface area contributed by atoms with E-state index in [1.165, 1.54) is 18.2 Å². The summed E-state index contributed by atoms with van der Waals surface area (Å²) in [7, 11) is 0. The molecule has 0 aliphatic carbocycles. The van der Waals surface area contributed by atoms with Gasteiger partial charge < -0.3 is 19.9 Å². The molecule has 0 radical (unpaired) electrons. The van der Waals surface area contributed by atoms with E-state index in [2.05, 4.69) is 4.98 Å². The number of carboxylic acids is 1. The number of aromatic nitrogens is 2. The summed E-state index contributed by atoms with van der Waals surface area (Å²) < 4.78 is 56.3. The number of benzene rings is 2. The van der Waals surface area contributed by atoms with Crippen LogP contribution in [0.5, 0.6) is 0 Å². The van der Waals surface area contributed by atoms with Crippen LogP contribution in [0, 0.1) is 5.82 Å². The molecule has 1 heterocycles. The van der Waals surface area contributed by atoms with Crippen LogP contribution in [0.15, 0.2) is 48.5 Å². The third kappa shape index (κ3) is 6.34. The summed E-state index contributed by atoms with van der Waals surface area (Å²) >= 11 is 6.03. The van der Waals surface area contributed by atoms with E-state index in [9.17, 15) is 32.6 Å². The molecule has 0 aliphatic rings. The summed E-state index contributed by atoms with van der Waals surface area (Å²) in [5.74, 6) is -3.06. The number of carboxylic acid groups (broad SMARTS) is 1. The predicted molar refractivity (Wildman–Crippen MR) is 117 cm³/mol. The Hall–Kier alpha value is -2.95. The highest BCUT2D eigenvalue weighted by molar-refractivity contribution is 6.30. The molecule has 0 unspecified atom stereocenters. The number of aliphatic hydroxyl groups is 2. The normalized spacial score (nSPS) is 13.6. The molecule has 0 bridgehead atoms. The van der Waals surface area contributed by atoms with Gasteiger partial charge in [0.1, 0.15) is 5.82 Å². The van der Waals surface area contributed by atoms with Crippen molar-refractivity contribution >= 4 is 17.6 Å². The monoisotopic (exact) mass is 500 g/mol. The number of aliphatic hydroxyl groups excluding tert-OH is 2. The average molecular weight is 501 g/mol. The van der Waals surface area contributed by atoms with E-state index in [-0.39, 0.29) is 41.4 Å². The number of carbonyl (C=O) groups is 1. The van der Waals surface area contributed by atoms with Gasteiger partial charge in [0.05, 0.1) is 30.0 Å². The van der Waals surface area contributed by atoms with Gasteiger partial charge in [-0.1, -0.05) is 23.7 Å². The second-order valence-electron chi connectivity index (χ2n) is 7.73. The van der Waals surface area contributed by atoms with Crippen molar-refractivity contribution in [3.8, 4) is 22.5 Å². The van der Waals surface area contributed by atoms with Gasteiger partial charge in [-0.2, -0.15) is 13.2 Å². The van der Waals surface area contributed by atoms with Crippen LogP contribution in [0.4, 0.5) is 17.6 Å². The lowest BCUT2D eigenvalue weighted by atomic mass is 10.0. The van der Waals surface area contributed by atoms with Crippen molar-refractivity contribution in [1.82, 2.24) is 9.55 Å². The van der Waals surface area contributed by atoms with Crippen molar-refractivity contribution in [2.75, 3.05) is 0 Å². The zero-order valence-electron chi connectivity index (χ0n) is 17.6. The van der Waals surface area contributed by atoms with Gasteiger partial charge >= 0.3 is 12.1 Å². The van der Waals surface area contributed by atoms with Crippen LogP contribution in [-0.4, -0.2) is 43.0 Å². The fourth-order valence-electron chi connectivity index (χ4n) is 3.62. The summed E-state index contributed by atoms with van der Waals surface area (Å²) in [6.07, 6.45) is -8.62. The highest BCUT2D eigenvalue weighted by Crippen LogP contribution is 2.39. The number of aliphatic carboxylic acids is 1. The van der Waals surface area contributed by atoms with Crippen molar-refractivity contribution in [1.29, 1.82) is 0 Å². The minimum absolute atomic E-state index is 0.0261. The molecule has 11 heteroatoms. The lowest BCUT2D eigenvalue weighted by molar-refractivity contribution is -0.147. The van der Waals surface area contributed by atoms with Gasteiger partial charge in [-0.15, -0.1) is 0 Å². The van der Waals surface area contributed by atoms with Crippen LogP contribution in [0.2, 0.25) is 5.02 Å².